The van der Waals surface area contributed by atoms with Crippen LogP contribution in [0.5, 0.6) is 0 Å². The van der Waals surface area contributed by atoms with Gasteiger partial charge in [-0.3, -0.25) is 15.0 Å². The number of rotatable bonds is 7. The number of likely N-dealkylation sites (tertiary alicyclic amines) is 1. The number of nitrogens with one attached hydrogen (secondary N) is 1. The Morgan fingerprint density at radius 2 is 1.68 bits per heavy atom. The minimum Gasteiger partial charge on any atom is -0.481 e. The Morgan fingerprint density at radius 1 is 0.976 bits per heavy atom. The van der Waals surface area contributed by atoms with Crippen molar-refractivity contribution in [2.24, 2.45) is 23.3 Å². The average molecular weight is 691 g/mol. The third kappa shape index (κ3) is 5.71. The highest BCUT2D eigenvalue weighted by atomic mass is 127. The number of nitrogens with zero attached hydrogens (tertiary/aromatic N) is 1. The van der Waals surface area contributed by atoms with Crippen molar-refractivity contribution in [1.82, 2.24) is 4.90 Å². The van der Waals surface area contributed by atoms with E-state index in [1.165, 1.54) is 17.0 Å². The summed E-state index contributed by atoms with van der Waals surface area (Å²) in [5, 5.41) is 19.2. The first-order chi connectivity index (χ1) is 19.0. The van der Waals surface area contributed by atoms with Crippen LogP contribution in [0, 0.1) is 17.2 Å². The normalized spacial score (nSPS) is 22.2. The first kappa shape index (κ1) is 30.9. The van der Waals surface area contributed by atoms with Crippen molar-refractivity contribution in [3.63, 3.8) is 0 Å². The van der Waals surface area contributed by atoms with Crippen molar-refractivity contribution < 1.29 is 23.1 Å². The molecule has 0 bridgehead atoms. The number of sulfone groups is 1. The molecule has 2 fully saturated rings. The molecule has 1 aliphatic heterocycles. The van der Waals surface area contributed by atoms with Crippen molar-refractivity contribution in [3.8, 4) is 0 Å². The number of carbonyl (C=O) groups is 2. The van der Waals surface area contributed by atoms with Crippen LogP contribution in [0.15, 0.2) is 71.6 Å². The molecule has 0 aromatic heterocycles. The van der Waals surface area contributed by atoms with Gasteiger partial charge >= 0.3 is 5.97 Å². The number of hydrogen-bond acceptors (Lipinski definition) is 6. The van der Waals surface area contributed by atoms with Crippen molar-refractivity contribution in [1.29, 1.82) is 5.41 Å². The molecular weight excluding hydrogens is 655 g/mol. The Kier molecular flexibility index (Phi) is 9.10. The number of carbonyl (C=O) groups excluding carboxylic acids is 1. The average Bonchev–Trinajstić information content (AvgIpc) is 2.95. The molecule has 1 amide bonds. The minimum absolute atomic E-state index is 0. The van der Waals surface area contributed by atoms with E-state index in [0.29, 0.717) is 29.4 Å². The zero-order valence-electron chi connectivity index (χ0n) is 22.5. The van der Waals surface area contributed by atoms with Crippen molar-refractivity contribution in [2.75, 3.05) is 6.54 Å². The van der Waals surface area contributed by atoms with Crippen LogP contribution in [0.2, 0.25) is 0 Å². The molecule has 6 N–H and O–H groups in total. The van der Waals surface area contributed by atoms with Crippen LogP contribution < -0.4 is 11.5 Å². The van der Waals surface area contributed by atoms with Gasteiger partial charge in [-0.25, -0.2) is 8.42 Å². The summed E-state index contributed by atoms with van der Waals surface area (Å²) in [6.45, 7) is 0.122. The summed E-state index contributed by atoms with van der Waals surface area (Å²) in [5.74, 6) is -2.63. The number of amidine groups is 1. The molecule has 218 valence electrons. The number of halogens is 1. The zero-order chi connectivity index (χ0) is 28.7. The molecule has 5 rings (SSSR count). The highest BCUT2D eigenvalue weighted by Gasteiger charge is 2.54. The number of piperidine rings is 1. The topological polar surface area (TPSA) is 168 Å². The largest absolute Gasteiger partial charge is 0.481 e. The fourth-order valence-electron chi connectivity index (χ4n) is 6.44. The second kappa shape index (κ2) is 12.1. The van der Waals surface area contributed by atoms with E-state index in [2.05, 4.69) is 0 Å². The Morgan fingerprint density at radius 3 is 2.39 bits per heavy atom. The molecule has 2 aliphatic rings. The van der Waals surface area contributed by atoms with Gasteiger partial charge in [-0.05, 0) is 59.7 Å². The number of nitrogen functional groups attached to an aromatic ring is 1. The van der Waals surface area contributed by atoms with E-state index >= 15 is 0 Å². The summed E-state index contributed by atoms with van der Waals surface area (Å²) in [6.07, 6.45) is 2.88. The van der Waals surface area contributed by atoms with E-state index in [0.717, 1.165) is 18.2 Å². The lowest BCUT2D eigenvalue weighted by Crippen LogP contribution is -2.66. The third-order valence-electron chi connectivity index (χ3n) is 8.54. The summed E-state index contributed by atoms with van der Waals surface area (Å²) in [4.78, 5) is 25.6. The maximum Gasteiger partial charge on any atom is 0.306 e. The third-order valence-corrected chi connectivity index (χ3v) is 10.7. The monoisotopic (exact) mass is 690 g/mol. The molecule has 3 unspecified atom stereocenters. The SMILES string of the molecule is I.N=C(N)c1cccc(C[C@](N)(C(=O)N2CCC(C(=O)O)C3CCCCC32)S(=O)(=O)c2ccc3ccccc3c2)c1. The van der Waals surface area contributed by atoms with Gasteiger partial charge in [-0.2, -0.15) is 0 Å². The number of fused-ring (bicyclic) bond motifs is 2. The molecule has 1 aliphatic carbocycles. The fraction of sp³-hybridized carbons (Fsp3) is 0.367. The van der Waals surface area contributed by atoms with E-state index in [1.54, 1.807) is 36.4 Å². The summed E-state index contributed by atoms with van der Waals surface area (Å²) in [5.41, 5.74) is 13.3. The molecule has 11 heteroatoms. The van der Waals surface area contributed by atoms with Gasteiger partial charge in [-0.15, -0.1) is 24.0 Å². The van der Waals surface area contributed by atoms with Crippen LogP contribution >= 0.6 is 24.0 Å². The smallest absolute Gasteiger partial charge is 0.306 e. The van der Waals surface area contributed by atoms with Gasteiger partial charge in [-0.1, -0.05) is 61.4 Å². The molecule has 4 atom stereocenters. The van der Waals surface area contributed by atoms with E-state index in [9.17, 15) is 23.1 Å². The first-order valence-electron chi connectivity index (χ1n) is 13.5. The van der Waals surface area contributed by atoms with Gasteiger partial charge in [0.1, 0.15) is 5.84 Å². The van der Waals surface area contributed by atoms with E-state index in [4.69, 9.17) is 16.9 Å². The maximum atomic E-state index is 14.5. The van der Waals surface area contributed by atoms with Crippen LogP contribution in [0.3, 0.4) is 0 Å². The van der Waals surface area contributed by atoms with Gasteiger partial charge in [0.2, 0.25) is 14.7 Å². The highest BCUT2D eigenvalue weighted by molar-refractivity contribution is 14.0. The van der Waals surface area contributed by atoms with Gasteiger partial charge in [0.05, 0.1) is 10.8 Å². The molecule has 1 saturated carbocycles. The van der Waals surface area contributed by atoms with E-state index in [1.807, 2.05) is 18.2 Å². The van der Waals surface area contributed by atoms with Gasteiger partial charge in [0.15, 0.2) is 0 Å². The fourth-order valence-corrected chi connectivity index (χ4v) is 8.09. The minimum atomic E-state index is -4.45. The molecular formula is C30H35IN4O5S. The van der Waals surface area contributed by atoms with Crippen LogP contribution in [0.1, 0.15) is 43.2 Å². The summed E-state index contributed by atoms with van der Waals surface area (Å²) >= 11 is 0. The lowest BCUT2D eigenvalue weighted by Gasteiger charge is -2.48. The molecule has 1 heterocycles. The lowest BCUT2D eigenvalue weighted by atomic mass is 9.71. The second-order valence-electron chi connectivity index (χ2n) is 10.9. The summed E-state index contributed by atoms with van der Waals surface area (Å²) < 4.78 is 28.8. The molecule has 1 saturated heterocycles. The Balaban J connectivity index is 0.00000387. The Labute approximate surface area is 256 Å². The number of carboxylic acids is 1. The predicted molar refractivity (Wildman–Crippen MR) is 168 cm³/mol. The standard InChI is InChI=1S/C30H34N4O5S.HI/c31-27(32)22-9-5-6-19(16-22)18-30(33,40(38,39)23-13-12-20-7-1-2-8-21(20)17-23)29(37)34-15-14-25(28(35)36)24-10-3-4-11-26(24)34;/h1-2,5-9,12-13,16-17,24-26H,3-4,10-11,14-15,18,33H2,(H3,31,32)(H,35,36);1H/t24?,25?,26?,30-;/m1./s1. The number of amides is 1. The van der Waals surface area contributed by atoms with Gasteiger partial charge in [0, 0.05) is 24.6 Å². The number of aliphatic carboxylic acids is 1. The maximum absolute atomic E-state index is 14.5. The molecule has 0 spiro atoms. The van der Waals surface area contributed by atoms with E-state index in [-0.39, 0.29) is 60.0 Å². The molecule has 41 heavy (non-hydrogen) atoms. The Bertz CT molecular complexity index is 1600. The summed E-state index contributed by atoms with van der Waals surface area (Å²) in [6, 6.07) is 18.2. The molecule has 9 nitrogen and oxygen atoms in total. The van der Waals surface area contributed by atoms with Gasteiger partial charge in [0.25, 0.3) is 5.91 Å². The lowest BCUT2D eigenvalue weighted by molar-refractivity contribution is -0.154. The quantitative estimate of drug-likeness (QED) is 0.166. The summed E-state index contributed by atoms with van der Waals surface area (Å²) in [7, 11) is -4.45. The van der Waals surface area contributed by atoms with Gasteiger partial charge < -0.3 is 21.5 Å². The zero-order valence-corrected chi connectivity index (χ0v) is 25.7. The van der Waals surface area contributed by atoms with Crippen molar-refractivity contribution >= 4 is 62.3 Å². The molecule has 0 radical (unpaired) electrons. The number of carboxylic acid groups (broad SMARTS) is 1. The molecule has 3 aromatic carbocycles. The molecule has 3 aromatic rings. The van der Waals surface area contributed by atoms with Crippen LogP contribution in [0.25, 0.3) is 10.8 Å². The predicted octanol–water partition coefficient (Wildman–Crippen LogP) is 3.91. The van der Waals surface area contributed by atoms with Crippen LogP contribution in [-0.2, 0) is 25.8 Å². The van der Waals surface area contributed by atoms with Crippen molar-refractivity contribution in [2.45, 2.75) is 54.3 Å². The van der Waals surface area contributed by atoms with Crippen LogP contribution in [-0.4, -0.2) is 53.6 Å². The van der Waals surface area contributed by atoms with Crippen LogP contribution in [0.4, 0.5) is 0 Å². The van der Waals surface area contributed by atoms with E-state index < -0.39 is 38.5 Å². The first-order valence-corrected chi connectivity index (χ1v) is 15.0. The number of benzene rings is 3. The number of nitrogens with two attached hydrogens (primary N) is 2. The second-order valence-corrected chi connectivity index (χ2v) is 13.1. The van der Waals surface area contributed by atoms with Crippen molar-refractivity contribution in [3.05, 3.63) is 77.9 Å². The highest BCUT2D eigenvalue weighted by Crippen LogP contribution is 2.41. The Hall–Kier alpha value is -3.03. The number of hydrogen-bond donors (Lipinski definition) is 4.